The highest BCUT2D eigenvalue weighted by Gasteiger charge is 2.23. The van der Waals surface area contributed by atoms with Gasteiger partial charge in [-0.3, -0.25) is 0 Å². The molecular weight excluding hydrogens is 264 g/mol. The van der Waals surface area contributed by atoms with E-state index in [1.54, 1.807) is 6.33 Å². The summed E-state index contributed by atoms with van der Waals surface area (Å²) < 4.78 is 4.12. The van der Waals surface area contributed by atoms with Crippen LogP contribution in [0.4, 0.5) is 5.69 Å². The van der Waals surface area contributed by atoms with Crippen molar-refractivity contribution in [1.29, 1.82) is 0 Å². The molecule has 6 nitrogen and oxygen atoms in total. The topological polar surface area (TPSA) is 74.5 Å². The molecule has 2 N–H and O–H groups in total. The zero-order chi connectivity index (χ0) is 15.2. The van der Waals surface area contributed by atoms with Crippen LogP contribution in [0, 0.1) is 0 Å². The first kappa shape index (κ1) is 13.6. The molecule has 0 aliphatic heterocycles. The third-order valence-electron chi connectivity index (χ3n) is 3.55. The number of nitrogens with zero attached hydrogens (tertiary/aromatic N) is 5. The van der Waals surface area contributed by atoms with Gasteiger partial charge in [0.1, 0.15) is 12.2 Å². The van der Waals surface area contributed by atoms with E-state index in [4.69, 9.17) is 10.7 Å². The summed E-state index contributed by atoms with van der Waals surface area (Å²) in [5, 5.41) is 8.13. The lowest BCUT2D eigenvalue weighted by atomic mass is 9.95. The summed E-state index contributed by atoms with van der Waals surface area (Å²) in [5.74, 6) is 1.92. The third-order valence-corrected chi connectivity index (χ3v) is 3.55. The standard InChI is InChI=1S/C15H20N6/c1-15(2,3)14-18-11-7-10(16)5-6-12(11)21(14)8-13-19-17-9-20(13)4/h5-7,9H,8,16H2,1-4H3. The average molecular weight is 284 g/mol. The van der Waals surface area contributed by atoms with E-state index in [1.165, 1.54) is 0 Å². The fraction of sp³-hybridized carbons (Fsp3) is 0.400. The maximum atomic E-state index is 5.88. The van der Waals surface area contributed by atoms with Crippen LogP contribution in [0.3, 0.4) is 0 Å². The summed E-state index contributed by atoms with van der Waals surface area (Å²) in [6.07, 6.45) is 1.71. The maximum absolute atomic E-state index is 5.88. The van der Waals surface area contributed by atoms with Gasteiger partial charge in [0.2, 0.25) is 0 Å². The quantitative estimate of drug-likeness (QED) is 0.731. The second kappa shape index (κ2) is 4.58. The lowest BCUT2D eigenvalue weighted by molar-refractivity contribution is 0.510. The van der Waals surface area contributed by atoms with E-state index in [0.717, 1.165) is 28.4 Å². The van der Waals surface area contributed by atoms with Gasteiger partial charge in [0.05, 0.1) is 17.6 Å². The zero-order valence-electron chi connectivity index (χ0n) is 12.8. The molecule has 0 saturated carbocycles. The maximum Gasteiger partial charge on any atom is 0.152 e. The van der Waals surface area contributed by atoms with Gasteiger partial charge in [0.25, 0.3) is 0 Å². The van der Waals surface area contributed by atoms with Gasteiger partial charge in [0.15, 0.2) is 5.82 Å². The molecule has 0 saturated heterocycles. The molecular formula is C15H20N6. The van der Waals surface area contributed by atoms with Crippen LogP contribution < -0.4 is 5.73 Å². The highest BCUT2D eigenvalue weighted by Crippen LogP contribution is 2.28. The summed E-state index contributed by atoms with van der Waals surface area (Å²) >= 11 is 0. The van der Waals surface area contributed by atoms with E-state index in [-0.39, 0.29) is 5.41 Å². The number of anilines is 1. The van der Waals surface area contributed by atoms with Gasteiger partial charge in [-0.15, -0.1) is 10.2 Å². The Morgan fingerprint density at radius 3 is 2.62 bits per heavy atom. The van der Waals surface area contributed by atoms with E-state index < -0.39 is 0 Å². The van der Waals surface area contributed by atoms with Gasteiger partial charge in [-0.25, -0.2) is 4.98 Å². The van der Waals surface area contributed by atoms with Gasteiger partial charge < -0.3 is 14.9 Å². The summed E-state index contributed by atoms with van der Waals surface area (Å²) in [6.45, 7) is 7.11. The number of benzene rings is 1. The Morgan fingerprint density at radius 2 is 2.00 bits per heavy atom. The van der Waals surface area contributed by atoms with Crippen molar-refractivity contribution in [1.82, 2.24) is 24.3 Å². The van der Waals surface area contributed by atoms with Gasteiger partial charge in [-0.05, 0) is 18.2 Å². The number of hydrogen-bond acceptors (Lipinski definition) is 4. The molecule has 2 aromatic heterocycles. The number of fused-ring (bicyclic) bond motifs is 1. The van der Waals surface area contributed by atoms with Crippen LogP contribution in [0.5, 0.6) is 0 Å². The number of aromatic nitrogens is 5. The fourth-order valence-corrected chi connectivity index (χ4v) is 2.47. The Labute approximate surface area is 123 Å². The Kier molecular flexibility index (Phi) is 2.97. The molecule has 0 bridgehead atoms. The predicted molar refractivity (Wildman–Crippen MR) is 83.0 cm³/mol. The molecule has 0 spiro atoms. The van der Waals surface area contributed by atoms with Crippen LogP contribution in [0.1, 0.15) is 32.4 Å². The minimum Gasteiger partial charge on any atom is -0.399 e. The van der Waals surface area contributed by atoms with Gasteiger partial charge in [-0.2, -0.15) is 0 Å². The molecule has 0 amide bonds. The highest BCUT2D eigenvalue weighted by atomic mass is 15.3. The van der Waals surface area contributed by atoms with Crippen molar-refractivity contribution in [3.8, 4) is 0 Å². The Balaban J connectivity index is 2.20. The van der Waals surface area contributed by atoms with Crippen molar-refractivity contribution in [2.75, 3.05) is 5.73 Å². The highest BCUT2D eigenvalue weighted by molar-refractivity contribution is 5.80. The fourth-order valence-electron chi connectivity index (χ4n) is 2.47. The monoisotopic (exact) mass is 284 g/mol. The number of nitrogens with two attached hydrogens (primary N) is 1. The molecule has 0 unspecified atom stereocenters. The number of nitrogen functional groups attached to an aromatic ring is 1. The summed E-state index contributed by atoms with van der Waals surface area (Å²) in [4.78, 5) is 4.78. The molecule has 1 aromatic carbocycles. The van der Waals surface area contributed by atoms with Crippen molar-refractivity contribution in [2.45, 2.75) is 32.7 Å². The molecule has 0 atom stereocenters. The van der Waals surface area contributed by atoms with Gasteiger partial charge >= 0.3 is 0 Å². The summed E-state index contributed by atoms with van der Waals surface area (Å²) in [5.41, 5.74) is 8.53. The molecule has 21 heavy (non-hydrogen) atoms. The molecule has 2 heterocycles. The van der Waals surface area contributed by atoms with Crippen LogP contribution in [-0.2, 0) is 19.0 Å². The Morgan fingerprint density at radius 1 is 1.24 bits per heavy atom. The third kappa shape index (κ3) is 2.37. The first-order valence-electron chi connectivity index (χ1n) is 6.95. The summed E-state index contributed by atoms with van der Waals surface area (Å²) in [6, 6.07) is 5.84. The van der Waals surface area contributed by atoms with Crippen molar-refractivity contribution in [2.24, 2.45) is 7.05 Å². The number of imidazole rings is 1. The molecule has 3 aromatic rings. The second-order valence-corrected chi connectivity index (χ2v) is 6.38. The smallest absolute Gasteiger partial charge is 0.152 e. The van der Waals surface area contributed by atoms with Gasteiger partial charge in [-0.1, -0.05) is 20.8 Å². The lowest BCUT2D eigenvalue weighted by Gasteiger charge is -2.20. The Bertz CT molecular complexity index is 790. The molecule has 110 valence electrons. The molecule has 0 aliphatic rings. The van der Waals surface area contributed by atoms with Crippen LogP contribution in [-0.4, -0.2) is 24.3 Å². The van der Waals surface area contributed by atoms with Crippen LogP contribution in [0.2, 0.25) is 0 Å². The largest absolute Gasteiger partial charge is 0.399 e. The van der Waals surface area contributed by atoms with Crippen LogP contribution in [0.25, 0.3) is 11.0 Å². The molecule has 3 rings (SSSR count). The lowest BCUT2D eigenvalue weighted by Crippen LogP contribution is -2.20. The first-order chi connectivity index (χ1) is 9.86. The number of hydrogen-bond donors (Lipinski definition) is 1. The van der Waals surface area contributed by atoms with Crippen LogP contribution >= 0.6 is 0 Å². The van der Waals surface area contributed by atoms with Crippen LogP contribution in [0.15, 0.2) is 24.5 Å². The molecule has 6 heteroatoms. The van der Waals surface area contributed by atoms with E-state index in [0.29, 0.717) is 6.54 Å². The minimum atomic E-state index is -0.0631. The van der Waals surface area contributed by atoms with Crippen molar-refractivity contribution < 1.29 is 0 Å². The van der Waals surface area contributed by atoms with Gasteiger partial charge in [0, 0.05) is 18.2 Å². The van der Waals surface area contributed by atoms with Crippen molar-refractivity contribution in [3.05, 3.63) is 36.2 Å². The van der Waals surface area contributed by atoms with E-state index in [1.807, 2.05) is 29.8 Å². The zero-order valence-corrected chi connectivity index (χ0v) is 12.8. The SMILES string of the molecule is Cn1cnnc1Cn1c(C(C)(C)C)nc2cc(N)ccc21. The minimum absolute atomic E-state index is 0.0631. The Hall–Kier alpha value is -2.37. The van der Waals surface area contributed by atoms with Crippen molar-refractivity contribution in [3.63, 3.8) is 0 Å². The second-order valence-electron chi connectivity index (χ2n) is 6.38. The summed E-state index contributed by atoms with van der Waals surface area (Å²) in [7, 11) is 1.95. The predicted octanol–water partition coefficient (Wildman–Crippen LogP) is 2.09. The van der Waals surface area contributed by atoms with E-state index in [2.05, 4.69) is 35.5 Å². The molecule has 0 fully saturated rings. The average Bonchev–Trinajstić information content (AvgIpc) is 2.94. The van der Waals surface area contributed by atoms with Crippen molar-refractivity contribution >= 4 is 16.7 Å². The molecule has 0 aliphatic carbocycles. The number of aryl methyl sites for hydroxylation is 1. The van der Waals surface area contributed by atoms with E-state index in [9.17, 15) is 0 Å². The number of rotatable bonds is 2. The normalized spacial score (nSPS) is 12.2. The first-order valence-corrected chi connectivity index (χ1v) is 6.95. The molecule has 0 radical (unpaired) electrons. The van der Waals surface area contributed by atoms with E-state index >= 15 is 0 Å².